The highest BCUT2D eigenvalue weighted by molar-refractivity contribution is 9.10. The zero-order chi connectivity index (χ0) is 13.2. The number of aromatic amines is 2. The Hall–Kier alpha value is -1.60. The molecule has 2 aromatic heterocycles. The number of imidazole rings is 1. The lowest BCUT2D eigenvalue weighted by Crippen LogP contribution is -2.10. The van der Waals surface area contributed by atoms with E-state index in [4.69, 9.17) is 0 Å². The van der Waals surface area contributed by atoms with E-state index < -0.39 is 0 Å². The van der Waals surface area contributed by atoms with Crippen molar-refractivity contribution in [3.8, 4) is 0 Å². The maximum Gasteiger partial charge on any atom is 0.347 e. The predicted molar refractivity (Wildman–Crippen MR) is 78.2 cm³/mol. The number of H-pyrrole nitrogens is 2. The maximum absolute atomic E-state index is 11.4. The minimum atomic E-state index is -0.380. The summed E-state index contributed by atoms with van der Waals surface area (Å²) in [6.07, 6.45) is 1.55. The summed E-state index contributed by atoms with van der Waals surface area (Å²) in [5, 5.41) is 0.659. The Kier molecular flexibility index (Phi) is 3.39. The molecule has 0 saturated heterocycles. The van der Waals surface area contributed by atoms with E-state index >= 15 is 0 Å². The number of halogens is 1. The molecule has 0 unspecified atom stereocenters. The smallest absolute Gasteiger partial charge is 0.341 e. The molecule has 1 aromatic carbocycles. The fraction of sp³-hybridized carbons (Fsp3) is 0.0833. The van der Waals surface area contributed by atoms with E-state index in [1.54, 1.807) is 6.33 Å². The van der Waals surface area contributed by atoms with Crippen LogP contribution in [0.2, 0.25) is 0 Å². The highest BCUT2D eigenvalue weighted by atomic mass is 79.9. The van der Waals surface area contributed by atoms with Crippen LogP contribution < -0.4 is 5.69 Å². The van der Waals surface area contributed by atoms with Crippen molar-refractivity contribution in [3.63, 3.8) is 0 Å². The number of nitrogens with one attached hydrogen (secondary N) is 2. The molecule has 96 valence electrons. The number of hydrogen-bond donors (Lipinski definition) is 2. The van der Waals surface area contributed by atoms with Gasteiger partial charge in [-0.3, -0.25) is 4.98 Å². The van der Waals surface area contributed by atoms with Gasteiger partial charge < -0.3 is 4.98 Å². The van der Waals surface area contributed by atoms with E-state index in [0.29, 0.717) is 10.7 Å². The SMILES string of the molecule is O=c1nc(SCc2ccccc2Br)c2[nH]cnc2[nH]1. The number of thioether (sulfide) groups is 1. The average Bonchev–Trinajstić information content (AvgIpc) is 2.85. The lowest BCUT2D eigenvalue weighted by molar-refractivity contribution is 1.01. The molecule has 0 aliphatic carbocycles. The van der Waals surface area contributed by atoms with E-state index in [0.717, 1.165) is 21.3 Å². The largest absolute Gasteiger partial charge is 0.347 e. The molecule has 0 radical (unpaired) electrons. The molecule has 0 aliphatic rings. The van der Waals surface area contributed by atoms with Gasteiger partial charge in [-0.2, -0.15) is 4.98 Å². The second-order valence-corrected chi connectivity index (χ2v) is 5.67. The lowest BCUT2D eigenvalue weighted by atomic mass is 10.2. The van der Waals surface area contributed by atoms with Crippen molar-refractivity contribution in [1.29, 1.82) is 0 Å². The highest BCUT2D eigenvalue weighted by Gasteiger charge is 2.09. The van der Waals surface area contributed by atoms with E-state index in [1.165, 1.54) is 11.8 Å². The molecule has 0 atom stereocenters. The first-order valence-electron chi connectivity index (χ1n) is 5.53. The molecular formula is C12H9BrN4OS. The fourth-order valence-electron chi connectivity index (χ4n) is 1.70. The molecule has 5 nitrogen and oxygen atoms in total. The molecule has 2 heterocycles. The Morgan fingerprint density at radius 2 is 2.16 bits per heavy atom. The van der Waals surface area contributed by atoms with Gasteiger partial charge in [0.2, 0.25) is 0 Å². The Labute approximate surface area is 121 Å². The monoisotopic (exact) mass is 336 g/mol. The normalized spacial score (nSPS) is 11.0. The summed E-state index contributed by atoms with van der Waals surface area (Å²) < 4.78 is 1.05. The average molecular weight is 337 g/mol. The first-order valence-corrected chi connectivity index (χ1v) is 7.31. The zero-order valence-corrected chi connectivity index (χ0v) is 12.1. The zero-order valence-electron chi connectivity index (χ0n) is 9.68. The summed E-state index contributed by atoms with van der Waals surface area (Å²) in [4.78, 5) is 25.0. The van der Waals surface area contributed by atoms with Crippen molar-refractivity contribution in [2.75, 3.05) is 0 Å². The van der Waals surface area contributed by atoms with Crippen LogP contribution in [0.15, 0.2) is 44.9 Å². The van der Waals surface area contributed by atoms with E-state index in [9.17, 15) is 4.79 Å². The summed E-state index contributed by atoms with van der Waals surface area (Å²) in [6.45, 7) is 0. The van der Waals surface area contributed by atoms with Crippen LogP contribution >= 0.6 is 27.7 Å². The number of hydrogen-bond acceptors (Lipinski definition) is 4. The van der Waals surface area contributed by atoms with Crippen molar-refractivity contribution < 1.29 is 0 Å². The van der Waals surface area contributed by atoms with Gasteiger partial charge in [0.05, 0.1) is 6.33 Å². The third-order valence-electron chi connectivity index (χ3n) is 2.60. The molecule has 0 fully saturated rings. The summed E-state index contributed by atoms with van der Waals surface area (Å²) in [5.41, 5.74) is 2.07. The quantitative estimate of drug-likeness (QED) is 0.569. The van der Waals surface area contributed by atoms with Crippen LogP contribution in [0.1, 0.15) is 5.56 Å². The van der Waals surface area contributed by atoms with Gasteiger partial charge in [-0.05, 0) is 11.6 Å². The Bertz CT molecular complexity index is 782. The van der Waals surface area contributed by atoms with Crippen molar-refractivity contribution in [2.45, 2.75) is 10.8 Å². The van der Waals surface area contributed by atoms with Crippen molar-refractivity contribution in [3.05, 3.63) is 51.1 Å². The van der Waals surface area contributed by atoms with Gasteiger partial charge in [0.1, 0.15) is 10.5 Å². The van der Waals surface area contributed by atoms with Gasteiger partial charge in [0.15, 0.2) is 5.65 Å². The van der Waals surface area contributed by atoms with Gasteiger partial charge in [0.25, 0.3) is 0 Å². The molecule has 2 N–H and O–H groups in total. The van der Waals surface area contributed by atoms with E-state index in [1.807, 2.05) is 24.3 Å². The van der Waals surface area contributed by atoms with Gasteiger partial charge in [-0.15, -0.1) is 0 Å². The molecule has 0 amide bonds. The van der Waals surface area contributed by atoms with Crippen LogP contribution in [0.4, 0.5) is 0 Å². The Morgan fingerprint density at radius 1 is 1.32 bits per heavy atom. The van der Waals surface area contributed by atoms with Gasteiger partial charge in [-0.25, -0.2) is 9.78 Å². The van der Waals surface area contributed by atoms with Crippen LogP contribution in [-0.4, -0.2) is 19.9 Å². The molecule has 3 rings (SSSR count). The first kappa shape index (κ1) is 12.4. The molecular weight excluding hydrogens is 328 g/mol. The van der Waals surface area contributed by atoms with E-state index in [2.05, 4.69) is 35.9 Å². The van der Waals surface area contributed by atoms with Crippen molar-refractivity contribution in [2.24, 2.45) is 0 Å². The van der Waals surface area contributed by atoms with Crippen LogP contribution in [0.25, 0.3) is 11.2 Å². The molecule has 19 heavy (non-hydrogen) atoms. The highest BCUT2D eigenvalue weighted by Crippen LogP contribution is 2.27. The molecule has 0 saturated carbocycles. The van der Waals surface area contributed by atoms with Gasteiger partial charge in [0, 0.05) is 10.2 Å². The number of rotatable bonds is 3. The number of fused-ring (bicyclic) bond motifs is 1. The molecule has 7 heteroatoms. The number of aromatic nitrogens is 4. The number of nitrogens with zero attached hydrogens (tertiary/aromatic N) is 2. The fourth-order valence-corrected chi connectivity index (χ4v) is 3.30. The third kappa shape index (κ3) is 2.57. The Morgan fingerprint density at radius 3 is 3.00 bits per heavy atom. The molecule has 0 bridgehead atoms. The van der Waals surface area contributed by atoms with E-state index in [-0.39, 0.29) is 5.69 Å². The topological polar surface area (TPSA) is 74.4 Å². The van der Waals surface area contributed by atoms with Crippen molar-refractivity contribution in [1.82, 2.24) is 19.9 Å². The van der Waals surface area contributed by atoms with Crippen molar-refractivity contribution >= 4 is 38.9 Å². The summed E-state index contributed by atoms with van der Waals surface area (Å²) in [6, 6.07) is 7.98. The summed E-state index contributed by atoms with van der Waals surface area (Å²) in [7, 11) is 0. The van der Waals surface area contributed by atoms with Gasteiger partial charge in [-0.1, -0.05) is 45.9 Å². The first-order chi connectivity index (χ1) is 9.24. The predicted octanol–water partition coefficient (Wildman–Crippen LogP) is 2.70. The minimum Gasteiger partial charge on any atom is -0.341 e. The van der Waals surface area contributed by atoms with Gasteiger partial charge >= 0.3 is 5.69 Å². The maximum atomic E-state index is 11.4. The second-order valence-electron chi connectivity index (χ2n) is 3.85. The standard InChI is InChI=1S/C12H9BrN4OS/c13-8-4-2-1-3-7(8)5-19-11-9-10(15-6-14-9)16-12(18)17-11/h1-4,6H,5H2,(H2,14,15,16,17,18). The molecule has 0 spiro atoms. The second kappa shape index (κ2) is 5.18. The molecule has 3 aromatic rings. The van der Waals surface area contributed by atoms with Crippen LogP contribution in [0.5, 0.6) is 0 Å². The summed E-state index contributed by atoms with van der Waals surface area (Å²) in [5.74, 6) is 0.728. The van der Waals surface area contributed by atoms with Crippen LogP contribution in [0.3, 0.4) is 0 Å². The Balaban J connectivity index is 1.92. The lowest BCUT2D eigenvalue weighted by Gasteiger charge is -2.04. The van der Waals surface area contributed by atoms with Crippen LogP contribution in [0, 0.1) is 0 Å². The molecule has 0 aliphatic heterocycles. The third-order valence-corrected chi connectivity index (χ3v) is 4.40. The van der Waals surface area contributed by atoms with Crippen LogP contribution in [-0.2, 0) is 5.75 Å². The number of benzene rings is 1. The summed E-state index contributed by atoms with van der Waals surface area (Å²) >= 11 is 5.01. The minimum absolute atomic E-state index is 0.380.